The summed E-state index contributed by atoms with van der Waals surface area (Å²) in [6, 6.07) is 9.66. The first kappa shape index (κ1) is 15.0. The fourth-order valence-electron chi connectivity index (χ4n) is 2.31. The SMILES string of the molecule is CCS(=O)(=O)N[C@H]1CC(=O)N(CCc2ccccc2)C1. The van der Waals surface area contributed by atoms with Crippen molar-refractivity contribution in [3.05, 3.63) is 35.9 Å². The molecule has 1 atom stereocenters. The molecule has 1 aliphatic heterocycles. The average Bonchev–Trinajstić information content (AvgIpc) is 2.77. The van der Waals surface area contributed by atoms with Crippen LogP contribution in [-0.2, 0) is 21.2 Å². The highest BCUT2D eigenvalue weighted by Gasteiger charge is 2.31. The number of benzene rings is 1. The first-order valence-electron chi connectivity index (χ1n) is 6.82. The molecule has 0 unspecified atom stereocenters. The molecule has 1 aromatic rings. The maximum absolute atomic E-state index is 11.9. The normalized spacial score (nSPS) is 19.6. The van der Waals surface area contributed by atoms with E-state index in [1.165, 1.54) is 5.56 Å². The molecule has 1 saturated heterocycles. The molecule has 0 saturated carbocycles. The Balaban J connectivity index is 1.87. The molecule has 0 spiro atoms. The van der Waals surface area contributed by atoms with Crippen molar-refractivity contribution in [3.63, 3.8) is 0 Å². The Kier molecular flexibility index (Phi) is 4.77. The number of rotatable bonds is 6. The minimum Gasteiger partial charge on any atom is -0.341 e. The minimum absolute atomic E-state index is 0.0183. The average molecular weight is 296 g/mol. The van der Waals surface area contributed by atoms with Crippen LogP contribution in [0.2, 0.25) is 0 Å². The van der Waals surface area contributed by atoms with E-state index in [1.807, 2.05) is 30.3 Å². The van der Waals surface area contributed by atoms with E-state index in [0.717, 1.165) is 6.42 Å². The van der Waals surface area contributed by atoms with E-state index in [2.05, 4.69) is 4.72 Å². The molecule has 0 bridgehead atoms. The van der Waals surface area contributed by atoms with E-state index in [0.29, 0.717) is 13.1 Å². The number of carbonyl (C=O) groups excluding carboxylic acids is 1. The Morgan fingerprint density at radius 2 is 2.00 bits per heavy atom. The van der Waals surface area contributed by atoms with E-state index in [4.69, 9.17) is 0 Å². The Morgan fingerprint density at radius 3 is 2.65 bits per heavy atom. The van der Waals surface area contributed by atoms with Crippen LogP contribution < -0.4 is 4.72 Å². The molecule has 1 fully saturated rings. The number of nitrogens with one attached hydrogen (secondary N) is 1. The number of likely N-dealkylation sites (tertiary alicyclic amines) is 1. The van der Waals surface area contributed by atoms with Crippen molar-refractivity contribution in [2.24, 2.45) is 0 Å². The Hall–Kier alpha value is -1.40. The fourth-order valence-corrected chi connectivity index (χ4v) is 3.15. The van der Waals surface area contributed by atoms with E-state index in [1.54, 1.807) is 11.8 Å². The molecule has 0 aliphatic carbocycles. The third-order valence-corrected chi connectivity index (χ3v) is 4.91. The second kappa shape index (κ2) is 6.37. The van der Waals surface area contributed by atoms with Gasteiger partial charge in [0.25, 0.3) is 0 Å². The van der Waals surface area contributed by atoms with Crippen LogP contribution in [0.25, 0.3) is 0 Å². The highest BCUT2D eigenvalue weighted by atomic mass is 32.2. The molecule has 20 heavy (non-hydrogen) atoms. The van der Waals surface area contributed by atoms with E-state index < -0.39 is 10.0 Å². The Labute approximate surface area is 120 Å². The van der Waals surface area contributed by atoms with Gasteiger partial charge in [0.1, 0.15) is 0 Å². The third kappa shape index (κ3) is 4.05. The maximum Gasteiger partial charge on any atom is 0.224 e. The topological polar surface area (TPSA) is 66.5 Å². The van der Waals surface area contributed by atoms with Gasteiger partial charge in [-0.3, -0.25) is 4.79 Å². The summed E-state index contributed by atoms with van der Waals surface area (Å²) in [7, 11) is -3.25. The maximum atomic E-state index is 11.9. The standard InChI is InChI=1S/C14H20N2O3S/c1-2-20(18,19)15-13-10-14(17)16(11-13)9-8-12-6-4-3-5-7-12/h3-7,13,15H,2,8-11H2,1H3/t13-/m0/s1. The molecule has 0 radical (unpaired) electrons. The van der Waals surface area contributed by atoms with Gasteiger partial charge >= 0.3 is 0 Å². The van der Waals surface area contributed by atoms with Crippen molar-refractivity contribution < 1.29 is 13.2 Å². The van der Waals surface area contributed by atoms with Gasteiger partial charge in [-0.15, -0.1) is 0 Å². The molecule has 110 valence electrons. The molecular formula is C14H20N2O3S. The molecule has 5 nitrogen and oxygen atoms in total. The molecule has 1 N–H and O–H groups in total. The van der Waals surface area contributed by atoms with Crippen molar-refractivity contribution in [1.29, 1.82) is 0 Å². The number of hydrogen-bond donors (Lipinski definition) is 1. The van der Waals surface area contributed by atoms with Crippen LogP contribution in [0, 0.1) is 0 Å². The summed E-state index contributed by atoms with van der Waals surface area (Å²) in [5.41, 5.74) is 1.18. The van der Waals surface area contributed by atoms with Crippen molar-refractivity contribution in [2.75, 3.05) is 18.8 Å². The smallest absolute Gasteiger partial charge is 0.224 e. The molecule has 1 aromatic carbocycles. The third-order valence-electron chi connectivity index (χ3n) is 3.45. The predicted octanol–water partition coefficient (Wildman–Crippen LogP) is 0.769. The van der Waals surface area contributed by atoms with Crippen LogP contribution in [0.1, 0.15) is 18.9 Å². The van der Waals surface area contributed by atoms with Crippen LogP contribution in [0.4, 0.5) is 0 Å². The van der Waals surface area contributed by atoms with Crippen LogP contribution in [-0.4, -0.2) is 44.1 Å². The zero-order valence-electron chi connectivity index (χ0n) is 11.6. The van der Waals surface area contributed by atoms with Crippen molar-refractivity contribution in [3.8, 4) is 0 Å². The second-order valence-corrected chi connectivity index (χ2v) is 7.04. The molecule has 2 rings (SSSR count). The van der Waals surface area contributed by atoms with Gasteiger partial charge in [0, 0.05) is 25.6 Å². The first-order valence-corrected chi connectivity index (χ1v) is 8.47. The molecular weight excluding hydrogens is 276 g/mol. The van der Waals surface area contributed by atoms with Gasteiger partial charge in [-0.2, -0.15) is 0 Å². The van der Waals surface area contributed by atoms with E-state index in [-0.39, 0.29) is 24.1 Å². The van der Waals surface area contributed by atoms with Crippen LogP contribution in [0.5, 0.6) is 0 Å². The Morgan fingerprint density at radius 1 is 1.30 bits per heavy atom. The monoisotopic (exact) mass is 296 g/mol. The lowest BCUT2D eigenvalue weighted by Gasteiger charge is -2.17. The van der Waals surface area contributed by atoms with Crippen LogP contribution in [0.3, 0.4) is 0 Å². The van der Waals surface area contributed by atoms with Crippen LogP contribution >= 0.6 is 0 Å². The summed E-state index contributed by atoms with van der Waals surface area (Å²) in [5.74, 6) is 0.0616. The van der Waals surface area contributed by atoms with Crippen LogP contribution in [0.15, 0.2) is 30.3 Å². The molecule has 1 aliphatic rings. The summed E-state index contributed by atoms with van der Waals surface area (Å²) in [6.07, 6.45) is 1.05. The van der Waals surface area contributed by atoms with E-state index >= 15 is 0 Å². The number of carbonyl (C=O) groups is 1. The highest BCUT2D eigenvalue weighted by Crippen LogP contribution is 2.13. The molecule has 1 heterocycles. The quantitative estimate of drug-likeness (QED) is 0.843. The largest absolute Gasteiger partial charge is 0.341 e. The summed E-state index contributed by atoms with van der Waals surface area (Å²) in [4.78, 5) is 13.6. The first-order chi connectivity index (χ1) is 9.50. The second-order valence-electron chi connectivity index (χ2n) is 5.00. The van der Waals surface area contributed by atoms with Gasteiger partial charge in [-0.25, -0.2) is 13.1 Å². The Bertz CT molecular complexity index is 557. The summed E-state index contributed by atoms with van der Waals surface area (Å²) < 4.78 is 25.6. The molecule has 0 aromatic heterocycles. The van der Waals surface area contributed by atoms with Gasteiger partial charge in [0.15, 0.2) is 0 Å². The van der Waals surface area contributed by atoms with Gasteiger partial charge in [-0.05, 0) is 18.9 Å². The van der Waals surface area contributed by atoms with E-state index in [9.17, 15) is 13.2 Å². The summed E-state index contributed by atoms with van der Waals surface area (Å²) >= 11 is 0. The van der Waals surface area contributed by atoms with Gasteiger partial charge in [0.2, 0.25) is 15.9 Å². The van der Waals surface area contributed by atoms with Crippen molar-refractivity contribution >= 4 is 15.9 Å². The fraction of sp³-hybridized carbons (Fsp3) is 0.500. The zero-order valence-corrected chi connectivity index (χ0v) is 12.4. The number of sulfonamides is 1. The molecule has 6 heteroatoms. The molecule has 1 amide bonds. The summed E-state index contributed by atoms with van der Waals surface area (Å²) in [5, 5.41) is 0. The van der Waals surface area contributed by atoms with Gasteiger partial charge in [-0.1, -0.05) is 30.3 Å². The highest BCUT2D eigenvalue weighted by molar-refractivity contribution is 7.89. The van der Waals surface area contributed by atoms with Gasteiger partial charge in [0.05, 0.1) is 5.75 Å². The number of hydrogen-bond acceptors (Lipinski definition) is 3. The van der Waals surface area contributed by atoms with Gasteiger partial charge < -0.3 is 4.90 Å². The lowest BCUT2D eigenvalue weighted by Crippen LogP contribution is -2.38. The van der Waals surface area contributed by atoms with Crippen molar-refractivity contribution in [1.82, 2.24) is 9.62 Å². The number of amides is 1. The minimum atomic E-state index is -3.25. The lowest BCUT2D eigenvalue weighted by atomic mass is 10.1. The lowest BCUT2D eigenvalue weighted by molar-refractivity contribution is -0.127. The predicted molar refractivity (Wildman–Crippen MR) is 77.7 cm³/mol. The number of nitrogens with zero attached hydrogens (tertiary/aromatic N) is 1. The van der Waals surface area contributed by atoms with Crippen molar-refractivity contribution in [2.45, 2.75) is 25.8 Å². The summed E-state index contributed by atoms with van der Waals surface area (Å²) in [6.45, 7) is 2.68. The zero-order chi connectivity index (χ0) is 14.6.